The molecule has 1 N–H and O–H groups in total. The second kappa shape index (κ2) is 7.16. The van der Waals surface area contributed by atoms with Gasteiger partial charge in [0.2, 0.25) is 0 Å². The number of halogens is 1. The summed E-state index contributed by atoms with van der Waals surface area (Å²) >= 11 is 0. The monoisotopic (exact) mass is 281 g/mol. The first-order valence-corrected chi connectivity index (χ1v) is 7.29. The molecule has 0 spiro atoms. The topological polar surface area (TPSA) is 32.7 Å². The quantitative estimate of drug-likeness (QED) is 0.900. The van der Waals surface area contributed by atoms with E-state index in [2.05, 4.69) is 4.90 Å². The summed E-state index contributed by atoms with van der Waals surface area (Å²) < 4.78 is 18.8. The number of aliphatic hydroxyl groups is 1. The maximum atomic E-state index is 13.5. The van der Waals surface area contributed by atoms with Crippen molar-refractivity contribution in [3.8, 4) is 0 Å². The van der Waals surface area contributed by atoms with Crippen LogP contribution in [0, 0.1) is 12.7 Å². The standard InChI is InChI=1S/C16H24FNO2/c1-12-3-4-13(11-15(12)17)16(19)7-10-18-8-5-14(20-2)6-9-18/h3-4,11,14,16,19H,5-10H2,1-2H3. The van der Waals surface area contributed by atoms with Crippen LogP contribution < -0.4 is 0 Å². The van der Waals surface area contributed by atoms with Gasteiger partial charge in [0, 0.05) is 26.7 Å². The van der Waals surface area contributed by atoms with Crippen LogP contribution in [0.1, 0.15) is 36.5 Å². The van der Waals surface area contributed by atoms with Crippen LogP contribution in [0.3, 0.4) is 0 Å². The number of piperidine rings is 1. The number of likely N-dealkylation sites (tertiary alicyclic amines) is 1. The normalized spacial score (nSPS) is 19.2. The molecule has 2 rings (SSSR count). The van der Waals surface area contributed by atoms with Crippen LogP contribution in [-0.2, 0) is 4.74 Å². The van der Waals surface area contributed by atoms with E-state index in [0.29, 0.717) is 23.7 Å². The van der Waals surface area contributed by atoms with Crippen molar-refractivity contribution in [2.75, 3.05) is 26.7 Å². The molecule has 0 saturated carbocycles. The first-order valence-electron chi connectivity index (χ1n) is 7.29. The molecule has 1 saturated heterocycles. The molecular weight excluding hydrogens is 257 g/mol. The molecule has 0 bridgehead atoms. The Morgan fingerprint density at radius 3 is 2.70 bits per heavy atom. The number of hydrogen-bond donors (Lipinski definition) is 1. The number of ether oxygens (including phenoxy) is 1. The van der Waals surface area contributed by atoms with Crippen LogP contribution >= 0.6 is 0 Å². The Morgan fingerprint density at radius 1 is 1.40 bits per heavy atom. The third-order valence-electron chi connectivity index (χ3n) is 4.17. The van der Waals surface area contributed by atoms with E-state index >= 15 is 0 Å². The minimum atomic E-state index is -0.592. The van der Waals surface area contributed by atoms with E-state index in [1.54, 1.807) is 26.2 Å². The summed E-state index contributed by atoms with van der Waals surface area (Å²) in [7, 11) is 1.76. The molecule has 1 aromatic rings. The molecule has 4 heteroatoms. The number of rotatable bonds is 5. The first kappa shape index (κ1) is 15.4. The molecule has 1 atom stereocenters. The summed E-state index contributed by atoms with van der Waals surface area (Å²) in [6.45, 7) is 4.58. The molecule has 1 fully saturated rings. The Morgan fingerprint density at radius 2 is 2.10 bits per heavy atom. The highest BCUT2D eigenvalue weighted by molar-refractivity contribution is 5.24. The van der Waals surface area contributed by atoms with Gasteiger partial charge >= 0.3 is 0 Å². The third-order valence-corrected chi connectivity index (χ3v) is 4.17. The van der Waals surface area contributed by atoms with Crippen molar-refractivity contribution in [3.63, 3.8) is 0 Å². The van der Waals surface area contributed by atoms with Crippen LogP contribution in [-0.4, -0.2) is 42.9 Å². The van der Waals surface area contributed by atoms with Crippen LogP contribution in [0.25, 0.3) is 0 Å². The fourth-order valence-electron chi connectivity index (χ4n) is 2.66. The van der Waals surface area contributed by atoms with Gasteiger partial charge in [-0.15, -0.1) is 0 Å². The lowest BCUT2D eigenvalue weighted by Crippen LogP contribution is -2.37. The van der Waals surface area contributed by atoms with E-state index in [0.717, 1.165) is 32.5 Å². The molecule has 0 radical (unpaired) electrons. The Labute approximate surface area is 120 Å². The Hall–Kier alpha value is -0.970. The van der Waals surface area contributed by atoms with Gasteiger partial charge in [-0.05, 0) is 43.4 Å². The number of nitrogens with zero attached hydrogens (tertiary/aromatic N) is 1. The lowest BCUT2D eigenvalue weighted by atomic mass is 10.0. The summed E-state index contributed by atoms with van der Waals surface area (Å²) in [5, 5.41) is 10.1. The molecule has 3 nitrogen and oxygen atoms in total. The summed E-state index contributed by atoms with van der Waals surface area (Å²) in [4.78, 5) is 2.34. The number of methoxy groups -OCH3 is 1. The van der Waals surface area contributed by atoms with Crippen LogP contribution in [0.5, 0.6) is 0 Å². The molecular formula is C16H24FNO2. The van der Waals surface area contributed by atoms with Crippen LogP contribution in [0.4, 0.5) is 4.39 Å². The minimum Gasteiger partial charge on any atom is -0.388 e. The van der Waals surface area contributed by atoms with E-state index in [-0.39, 0.29) is 5.82 Å². The van der Waals surface area contributed by atoms with Crippen molar-refractivity contribution in [2.45, 2.75) is 38.4 Å². The number of aliphatic hydroxyl groups excluding tert-OH is 1. The van der Waals surface area contributed by atoms with Crippen molar-refractivity contribution in [3.05, 3.63) is 35.1 Å². The zero-order valence-corrected chi connectivity index (χ0v) is 12.3. The third kappa shape index (κ3) is 4.01. The van der Waals surface area contributed by atoms with E-state index in [4.69, 9.17) is 4.74 Å². The van der Waals surface area contributed by atoms with Crippen molar-refractivity contribution in [1.29, 1.82) is 0 Å². The minimum absolute atomic E-state index is 0.248. The van der Waals surface area contributed by atoms with Crippen LogP contribution in [0.2, 0.25) is 0 Å². The molecule has 1 aliphatic heterocycles. The molecule has 0 amide bonds. The predicted octanol–water partition coefficient (Wildman–Crippen LogP) is 2.67. The molecule has 1 aromatic carbocycles. The summed E-state index contributed by atoms with van der Waals surface area (Å²) in [6, 6.07) is 4.97. The van der Waals surface area contributed by atoms with Crippen molar-refractivity contribution in [2.24, 2.45) is 0 Å². The average molecular weight is 281 g/mol. The molecule has 1 unspecified atom stereocenters. The molecule has 20 heavy (non-hydrogen) atoms. The highest BCUT2D eigenvalue weighted by atomic mass is 19.1. The maximum Gasteiger partial charge on any atom is 0.126 e. The fraction of sp³-hybridized carbons (Fsp3) is 0.625. The Bertz CT molecular complexity index is 430. The largest absolute Gasteiger partial charge is 0.388 e. The van der Waals surface area contributed by atoms with Gasteiger partial charge in [-0.3, -0.25) is 0 Å². The Kier molecular flexibility index (Phi) is 5.52. The van der Waals surface area contributed by atoms with E-state index < -0.39 is 6.10 Å². The maximum absolute atomic E-state index is 13.5. The van der Waals surface area contributed by atoms with Crippen molar-refractivity contribution >= 4 is 0 Å². The SMILES string of the molecule is COC1CCN(CCC(O)c2ccc(C)c(F)c2)CC1. The summed E-state index contributed by atoms with van der Waals surface area (Å²) in [5.41, 5.74) is 1.28. The molecule has 0 aromatic heterocycles. The van der Waals surface area contributed by atoms with Crippen molar-refractivity contribution in [1.82, 2.24) is 4.90 Å². The highest BCUT2D eigenvalue weighted by Gasteiger charge is 2.19. The fourth-order valence-corrected chi connectivity index (χ4v) is 2.66. The van der Waals surface area contributed by atoms with E-state index in [1.165, 1.54) is 6.07 Å². The van der Waals surface area contributed by atoms with Gasteiger partial charge in [0.1, 0.15) is 5.82 Å². The van der Waals surface area contributed by atoms with Gasteiger partial charge in [0.25, 0.3) is 0 Å². The van der Waals surface area contributed by atoms with Gasteiger partial charge in [0.15, 0.2) is 0 Å². The summed E-state index contributed by atoms with van der Waals surface area (Å²) in [5.74, 6) is -0.248. The number of hydrogen-bond acceptors (Lipinski definition) is 3. The average Bonchev–Trinajstić information content (AvgIpc) is 2.48. The number of aryl methyl sites for hydroxylation is 1. The molecule has 112 valence electrons. The molecule has 0 aliphatic carbocycles. The molecule has 1 aliphatic rings. The van der Waals surface area contributed by atoms with Crippen LogP contribution in [0.15, 0.2) is 18.2 Å². The Balaban J connectivity index is 1.80. The van der Waals surface area contributed by atoms with E-state index in [1.807, 2.05) is 0 Å². The number of benzene rings is 1. The van der Waals surface area contributed by atoms with Gasteiger partial charge in [-0.1, -0.05) is 12.1 Å². The zero-order valence-electron chi connectivity index (χ0n) is 12.3. The lowest BCUT2D eigenvalue weighted by Gasteiger charge is -2.31. The van der Waals surface area contributed by atoms with Gasteiger partial charge in [0.05, 0.1) is 12.2 Å². The highest BCUT2D eigenvalue weighted by Crippen LogP contribution is 2.21. The van der Waals surface area contributed by atoms with Gasteiger partial charge in [-0.25, -0.2) is 4.39 Å². The second-order valence-electron chi connectivity index (χ2n) is 5.59. The lowest BCUT2D eigenvalue weighted by molar-refractivity contribution is 0.0360. The zero-order chi connectivity index (χ0) is 14.5. The smallest absolute Gasteiger partial charge is 0.126 e. The van der Waals surface area contributed by atoms with Gasteiger partial charge < -0.3 is 14.7 Å². The summed E-state index contributed by atoms with van der Waals surface area (Å²) in [6.07, 6.45) is 2.52. The first-order chi connectivity index (χ1) is 9.60. The van der Waals surface area contributed by atoms with Gasteiger partial charge in [-0.2, -0.15) is 0 Å². The van der Waals surface area contributed by atoms with E-state index in [9.17, 15) is 9.50 Å². The predicted molar refractivity (Wildman–Crippen MR) is 77.2 cm³/mol. The molecule has 1 heterocycles. The van der Waals surface area contributed by atoms with Crippen molar-refractivity contribution < 1.29 is 14.2 Å². The second-order valence-corrected chi connectivity index (χ2v) is 5.59.